The number of carbonyl (C=O) groups excluding carboxylic acids is 1. The van der Waals surface area contributed by atoms with Crippen LogP contribution >= 0.6 is 24.8 Å². The van der Waals surface area contributed by atoms with Gasteiger partial charge in [0.15, 0.2) is 0 Å². The van der Waals surface area contributed by atoms with Crippen LogP contribution in [0, 0.1) is 0 Å². The van der Waals surface area contributed by atoms with E-state index in [0.29, 0.717) is 19.7 Å². The van der Waals surface area contributed by atoms with E-state index in [0.717, 1.165) is 17.8 Å². The van der Waals surface area contributed by atoms with Crippen molar-refractivity contribution in [1.29, 1.82) is 0 Å². The number of anilines is 1. The van der Waals surface area contributed by atoms with E-state index in [-0.39, 0.29) is 30.7 Å². The number of hydrogen-bond acceptors (Lipinski definition) is 5. The van der Waals surface area contributed by atoms with Crippen molar-refractivity contribution in [3.63, 3.8) is 0 Å². The first-order valence-electron chi connectivity index (χ1n) is 6.86. The maximum atomic E-state index is 12.0. The molecule has 0 bridgehead atoms. The molecule has 1 saturated heterocycles. The molecule has 9 heteroatoms. The number of aromatic nitrogens is 3. The van der Waals surface area contributed by atoms with E-state index in [1.807, 2.05) is 24.3 Å². The van der Waals surface area contributed by atoms with E-state index in [9.17, 15) is 4.79 Å². The first-order chi connectivity index (χ1) is 10.3. The van der Waals surface area contributed by atoms with Gasteiger partial charge in [0.2, 0.25) is 0 Å². The molecule has 1 fully saturated rings. The van der Waals surface area contributed by atoms with E-state index in [1.165, 1.54) is 6.33 Å². The minimum absolute atomic E-state index is 0. The van der Waals surface area contributed by atoms with Gasteiger partial charge in [-0.05, 0) is 17.7 Å². The van der Waals surface area contributed by atoms with Crippen molar-refractivity contribution < 1.29 is 9.53 Å². The molecule has 23 heavy (non-hydrogen) atoms. The lowest BCUT2D eigenvalue weighted by molar-refractivity contribution is -0.128. The zero-order valence-electron chi connectivity index (χ0n) is 12.3. The van der Waals surface area contributed by atoms with Gasteiger partial charge in [-0.1, -0.05) is 12.1 Å². The van der Waals surface area contributed by atoms with Crippen LogP contribution in [-0.2, 0) is 16.1 Å². The summed E-state index contributed by atoms with van der Waals surface area (Å²) >= 11 is 0. The summed E-state index contributed by atoms with van der Waals surface area (Å²) in [6.45, 7) is 2.57. The Balaban J connectivity index is 0.00000132. The molecule has 126 valence electrons. The summed E-state index contributed by atoms with van der Waals surface area (Å²) in [6, 6.07) is 7.66. The van der Waals surface area contributed by atoms with Gasteiger partial charge in [0.05, 0.1) is 13.2 Å². The Kier molecular flexibility index (Phi) is 7.97. The topological polar surface area (TPSA) is 81.1 Å². The highest BCUT2D eigenvalue weighted by atomic mass is 35.5. The van der Waals surface area contributed by atoms with Crippen LogP contribution < -0.4 is 10.6 Å². The highest BCUT2D eigenvalue weighted by molar-refractivity contribution is 5.94. The van der Waals surface area contributed by atoms with Crippen LogP contribution in [0.1, 0.15) is 5.56 Å². The van der Waals surface area contributed by atoms with Gasteiger partial charge in [-0.2, -0.15) is 5.10 Å². The predicted octanol–water partition coefficient (Wildman–Crippen LogP) is 1.10. The normalized spacial score (nSPS) is 16.8. The minimum atomic E-state index is -0.423. The predicted molar refractivity (Wildman–Crippen MR) is 91.3 cm³/mol. The number of amides is 1. The summed E-state index contributed by atoms with van der Waals surface area (Å²) in [5, 5.41) is 10.0. The summed E-state index contributed by atoms with van der Waals surface area (Å²) in [4.78, 5) is 15.9. The van der Waals surface area contributed by atoms with Crippen molar-refractivity contribution in [2.24, 2.45) is 0 Å². The number of ether oxygens (including phenoxy) is 1. The van der Waals surface area contributed by atoms with Crippen molar-refractivity contribution in [3.8, 4) is 0 Å². The molecule has 1 atom stereocenters. The maximum Gasteiger partial charge on any atom is 0.254 e. The second-order valence-corrected chi connectivity index (χ2v) is 4.84. The van der Waals surface area contributed by atoms with Crippen LogP contribution in [0.2, 0.25) is 0 Å². The quantitative estimate of drug-likeness (QED) is 0.854. The third kappa shape index (κ3) is 5.47. The summed E-state index contributed by atoms with van der Waals surface area (Å²) in [5.74, 6) is -0.119. The first kappa shape index (κ1) is 19.4. The van der Waals surface area contributed by atoms with E-state index < -0.39 is 6.10 Å². The van der Waals surface area contributed by atoms with E-state index in [4.69, 9.17) is 4.74 Å². The zero-order chi connectivity index (χ0) is 14.5. The average molecular weight is 360 g/mol. The maximum absolute atomic E-state index is 12.0. The molecule has 1 aliphatic rings. The van der Waals surface area contributed by atoms with Crippen LogP contribution in [-0.4, -0.2) is 46.5 Å². The molecule has 0 radical (unpaired) electrons. The Morgan fingerprint density at radius 1 is 1.35 bits per heavy atom. The lowest BCUT2D eigenvalue weighted by Gasteiger charge is -2.22. The molecule has 7 nitrogen and oxygen atoms in total. The van der Waals surface area contributed by atoms with E-state index in [1.54, 1.807) is 11.0 Å². The fourth-order valence-corrected chi connectivity index (χ4v) is 2.15. The lowest BCUT2D eigenvalue weighted by atomic mass is 10.2. The van der Waals surface area contributed by atoms with Crippen molar-refractivity contribution in [1.82, 2.24) is 20.1 Å². The Morgan fingerprint density at radius 3 is 2.74 bits per heavy atom. The van der Waals surface area contributed by atoms with Crippen molar-refractivity contribution in [2.75, 3.05) is 25.0 Å². The standard InChI is InChI=1S/C14H17N5O2.2ClH/c20-14(13-7-15-5-6-21-13)18-12-3-1-11(2-4-12)8-19-10-16-9-17-19;;/h1-4,9-10,13,15H,5-8H2,(H,18,20);2*1H. The number of nitrogens with one attached hydrogen (secondary N) is 2. The molecule has 1 amide bonds. The monoisotopic (exact) mass is 359 g/mol. The average Bonchev–Trinajstić information content (AvgIpc) is 3.03. The van der Waals surface area contributed by atoms with Gasteiger partial charge in [-0.3, -0.25) is 4.79 Å². The zero-order valence-corrected chi connectivity index (χ0v) is 14.0. The van der Waals surface area contributed by atoms with Crippen LogP contribution in [0.4, 0.5) is 5.69 Å². The van der Waals surface area contributed by atoms with Gasteiger partial charge in [-0.15, -0.1) is 24.8 Å². The molecule has 2 heterocycles. The SMILES string of the molecule is Cl.Cl.O=C(Nc1ccc(Cn2cncn2)cc1)C1CNCCO1. The van der Waals surface area contributed by atoms with Crippen molar-refractivity contribution in [3.05, 3.63) is 42.5 Å². The summed E-state index contributed by atoms with van der Waals surface area (Å²) in [5.41, 5.74) is 1.85. The van der Waals surface area contributed by atoms with Crippen molar-refractivity contribution >= 4 is 36.4 Å². The minimum Gasteiger partial charge on any atom is -0.366 e. The second kappa shape index (κ2) is 9.46. The van der Waals surface area contributed by atoms with Gasteiger partial charge >= 0.3 is 0 Å². The first-order valence-corrected chi connectivity index (χ1v) is 6.86. The fraction of sp³-hybridized carbons (Fsp3) is 0.357. The van der Waals surface area contributed by atoms with Gasteiger partial charge in [0, 0.05) is 18.8 Å². The number of nitrogens with zero attached hydrogens (tertiary/aromatic N) is 3. The molecular formula is C14H19Cl2N5O2. The number of hydrogen-bond donors (Lipinski definition) is 2. The van der Waals surface area contributed by atoms with E-state index >= 15 is 0 Å². The molecule has 2 N–H and O–H groups in total. The molecule has 1 aromatic carbocycles. The smallest absolute Gasteiger partial charge is 0.254 e. The molecule has 1 aliphatic heterocycles. The van der Waals surface area contributed by atoms with Gasteiger partial charge in [0.1, 0.15) is 18.8 Å². The van der Waals surface area contributed by atoms with E-state index in [2.05, 4.69) is 20.7 Å². The lowest BCUT2D eigenvalue weighted by Crippen LogP contribution is -2.45. The van der Waals surface area contributed by atoms with Crippen molar-refractivity contribution in [2.45, 2.75) is 12.6 Å². The number of morpholine rings is 1. The highest BCUT2D eigenvalue weighted by Gasteiger charge is 2.21. The Morgan fingerprint density at radius 2 is 2.13 bits per heavy atom. The summed E-state index contributed by atoms with van der Waals surface area (Å²) in [6.07, 6.45) is 2.75. The molecule has 0 aliphatic carbocycles. The molecule has 3 rings (SSSR count). The molecule has 2 aromatic rings. The van der Waals surface area contributed by atoms with Gasteiger partial charge in [-0.25, -0.2) is 9.67 Å². The van der Waals surface area contributed by atoms with Crippen LogP contribution in [0.3, 0.4) is 0 Å². The van der Waals surface area contributed by atoms with Crippen LogP contribution in [0.5, 0.6) is 0 Å². The number of carbonyl (C=O) groups is 1. The number of rotatable bonds is 4. The van der Waals surface area contributed by atoms with Crippen LogP contribution in [0.15, 0.2) is 36.9 Å². The Bertz CT molecular complexity index is 586. The Labute approximate surface area is 146 Å². The molecule has 0 spiro atoms. The summed E-state index contributed by atoms with van der Waals surface area (Å²) in [7, 11) is 0. The Hall–Kier alpha value is -1.67. The van der Waals surface area contributed by atoms with Gasteiger partial charge < -0.3 is 15.4 Å². The fourth-order valence-electron chi connectivity index (χ4n) is 2.15. The number of benzene rings is 1. The third-order valence-corrected chi connectivity index (χ3v) is 3.25. The third-order valence-electron chi connectivity index (χ3n) is 3.25. The van der Waals surface area contributed by atoms with Crippen LogP contribution in [0.25, 0.3) is 0 Å². The molecule has 1 unspecified atom stereocenters. The molecule has 1 aromatic heterocycles. The van der Waals surface area contributed by atoms with Gasteiger partial charge in [0.25, 0.3) is 5.91 Å². The number of halogens is 2. The second-order valence-electron chi connectivity index (χ2n) is 4.84. The molecule has 0 saturated carbocycles. The highest BCUT2D eigenvalue weighted by Crippen LogP contribution is 2.11. The largest absolute Gasteiger partial charge is 0.366 e. The summed E-state index contributed by atoms with van der Waals surface area (Å²) < 4.78 is 7.16. The molecular weight excluding hydrogens is 341 g/mol.